The van der Waals surface area contributed by atoms with Crippen LogP contribution in [-0.2, 0) is 10.2 Å². The fourth-order valence-electron chi connectivity index (χ4n) is 5.65. The molecule has 0 bridgehead atoms. The van der Waals surface area contributed by atoms with Gasteiger partial charge in [-0.05, 0) is 69.5 Å². The van der Waals surface area contributed by atoms with Crippen LogP contribution in [0.25, 0.3) is 0 Å². The molecule has 0 aliphatic carbocycles. The van der Waals surface area contributed by atoms with Crippen molar-refractivity contribution in [3.63, 3.8) is 0 Å². The number of hydrogen-bond acceptors (Lipinski definition) is 3. The summed E-state index contributed by atoms with van der Waals surface area (Å²) in [5.41, 5.74) is 1.56. The minimum absolute atomic E-state index is 0.0327. The summed E-state index contributed by atoms with van der Waals surface area (Å²) in [5, 5.41) is 0. The van der Waals surface area contributed by atoms with E-state index in [0.717, 1.165) is 50.0 Å². The molecule has 1 spiro atoms. The fourth-order valence-corrected chi connectivity index (χ4v) is 5.65. The third-order valence-corrected chi connectivity index (χ3v) is 7.44. The van der Waals surface area contributed by atoms with Crippen LogP contribution in [0.2, 0.25) is 0 Å². The van der Waals surface area contributed by atoms with Crippen LogP contribution in [0.5, 0.6) is 0 Å². The molecule has 6 nitrogen and oxygen atoms in total. The van der Waals surface area contributed by atoms with Crippen molar-refractivity contribution in [2.45, 2.75) is 56.7 Å². The third kappa shape index (κ3) is 4.34. The van der Waals surface area contributed by atoms with Crippen LogP contribution in [0, 0.1) is 5.82 Å². The van der Waals surface area contributed by atoms with Gasteiger partial charge < -0.3 is 14.7 Å². The van der Waals surface area contributed by atoms with Crippen LogP contribution >= 0.6 is 0 Å². The van der Waals surface area contributed by atoms with Gasteiger partial charge in [0.15, 0.2) is 0 Å². The van der Waals surface area contributed by atoms with Crippen molar-refractivity contribution in [1.29, 1.82) is 0 Å². The molecule has 32 heavy (non-hydrogen) atoms. The van der Waals surface area contributed by atoms with E-state index >= 15 is 0 Å². The van der Waals surface area contributed by atoms with Crippen LogP contribution in [0.4, 0.5) is 19.3 Å². The SMILES string of the molecule is CC(F)CC(=O)N1CCC(N2CCC3(CC2)CN(C(=O)N(C)C)c2ccc(F)cc23)CC1. The number of fused-ring (bicyclic) bond motifs is 2. The topological polar surface area (TPSA) is 47.1 Å². The number of nitrogens with zero attached hydrogens (tertiary/aromatic N) is 4. The second-order valence-electron chi connectivity index (χ2n) is 9.84. The van der Waals surface area contributed by atoms with Crippen molar-refractivity contribution in [3.05, 3.63) is 29.6 Å². The number of halogens is 2. The standard InChI is InChI=1S/C24H34F2N4O2/c1-17(25)14-22(31)29-10-6-19(7-11-29)28-12-8-24(9-13-28)16-30(23(32)27(2)3)21-5-4-18(26)15-20(21)24/h4-5,15,17,19H,6-14,16H2,1-3H3. The lowest BCUT2D eigenvalue weighted by Crippen LogP contribution is -2.53. The third-order valence-electron chi connectivity index (χ3n) is 7.44. The molecule has 3 heterocycles. The van der Waals surface area contributed by atoms with Crippen LogP contribution in [0.15, 0.2) is 18.2 Å². The summed E-state index contributed by atoms with van der Waals surface area (Å²) in [5.74, 6) is -0.351. The zero-order chi connectivity index (χ0) is 23.0. The number of amides is 3. The van der Waals surface area contributed by atoms with Crippen LogP contribution < -0.4 is 4.90 Å². The summed E-state index contributed by atoms with van der Waals surface area (Å²) in [6, 6.07) is 5.12. The molecule has 1 atom stereocenters. The number of anilines is 1. The van der Waals surface area contributed by atoms with E-state index < -0.39 is 6.17 Å². The quantitative estimate of drug-likeness (QED) is 0.712. The number of piperidine rings is 2. The van der Waals surface area contributed by atoms with E-state index in [1.807, 2.05) is 0 Å². The summed E-state index contributed by atoms with van der Waals surface area (Å²) >= 11 is 0. The van der Waals surface area contributed by atoms with Crippen molar-refractivity contribution in [2.75, 3.05) is 51.7 Å². The van der Waals surface area contributed by atoms with Crippen molar-refractivity contribution in [1.82, 2.24) is 14.7 Å². The zero-order valence-electron chi connectivity index (χ0n) is 19.3. The first kappa shape index (κ1) is 23.0. The molecule has 3 aliphatic heterocycles. The first-order valence-corrected chi connectivity index (χ1v) is 11.6. The van der Waals surface area contributed by atoms with Gasteiger partial charge >= 0.3 is 6.03 Å². The van der Waals surface area contributed by atoms with Gasteiger partial charge in [0.1, 0.15) is 12.0 Å². The molecule has 0 N–H and O–H groups in total. The lowest BCUT2D eigenvalue weighted by atomic mass is 9.74. The maximum atomic E-state index is 14.2. The van der Waals surface area contributed by atoms with E-state index in [-0.39, 0.29) is 29.6 Å². The number of urea groups is 1. The van der Waals surface area contributed by atoms with Crippen LogP contribution in [-0.4, -0.2) is 85.7 Å². The predicted molar refractivity (Wildman–Crippen MR) is 120 cm³/mol. The number of alkyl halides is 1. The number of carbonyl (C=O) groups is 2. The molecule has 1 unspecified atom stereocenters. The van der Waals surface area contributed by atoms with Gasteiger partial charge in [-0.1, -0.05) is 0 Å². The molecule has 0 radical (unpaired) electrons. The summed E-state index contributed by atoms with van der Waals surface area (Å²) in [4.78, 5) is 32.6. The highest BCUT2D eigenvalue weighted by atomic mass is 19.1. The highest BCUT2D eigenvalue weighted by Crippen LogP contribution is 2.48. The Balaban J connectivity index is 1.41. The van der Waals surface area contributed by atoms with Crippen LogP contribution in [0.3, 0.4) is 0 Å². The van der Waals surface area contributed by atoms with Crippen LogP contribution in [0.1, 0.15) is 44.6 Å². The molecule has 3 amide bonds. The van der Waals surface area contributed by atoms with Gasteiger partial charge in [0.05, 0.1) is 6.42 Å². The van der Waals surface area contributed by atoms with E-state index in [2.05, 4.69) is 4.90 Å². The maximum absolute atomic E-state index is 14.2. The van der Waals surface area contributed by atoms with Crippen molar-refractivity contribution < 1.29 is 18.4 Å². The molecule has 4 rings (SSSR count). The Labute approximate surface area is 189 Å². The Morgan fingerprint density at radius 2 is 1.81 bits per heavy atom. The normalized spacial score (nSPS) is 22.2. The number of carbonyl (C=O) groups excluding carboxylic acids is 2. The van der Waals surface area contributed by atoms with E-state index in [4.69, 9.17) is 0 Å². The second kappa shape index (κ2) is 8.96. The molecule has 2 fully saturated rings. The predicted octanol–water partition coefficient (Wildman–Crippen LogP) is 3.40. The second-order valence-corrected chi connectivity index (χ2v) is 9.84. The summed E-state index contributed by atoms with van der Waals surface area (Å²) < 4.78 is 27.3. The van der Waals surface area contributed by atoms with E-state index in [1.165, 1.54) is 13.0 Å². The number of likely N-dealkylation sites (tertiary alicyclic amines) is 2. The average Bonchev–Trinajstić information content (AvgIpc) is 3.06. The molecule has 176 valence electrons. The van der Waals surface area contributed by atoms with E-state index in [1.54, 1.807) is 40.9 Å². The van der Waals surface area contributed by atoms with Gasteiger partial charge in [-0.3, -0.25) is 9.69 Å². The number of benzene rings is 1. The Morgan fingerprint density at radius 3 is 2.41 bits per heavy atom. The highest BCUT2D eigenvalue weighted by molar-refractivity contribution is 5.95. The molecular weight excluding hydrogens is 414 g/mol. The Hall–Kier alpha value is -2.22. The van der Waals surface area contributed by atoms with Gasteiger partial charge in [0.2, 0.25) is 5.91 Å². The summed E-state index contributed by atoms with van der Waals surface area (Å²) in [7, 11) is 3.48. The first-order valence-electron chi connectivity index (χ1n) is 11.6. The van der Waals surface area contributed by atoms with Gasteiger partial charge in [0.25, 0.3) is 0 Å². The number of hydrogen-bond donors (Lipinski definition) is 0. The Bertz CT molecular complexity index is 860. The van der Waals surface area contributed by atoms with Gasteiger partial charge in [-0.15, -0.1) is 0 Å². The maximum Gasteiger partial charge on any atom is 0.323 e. The minimum Gasteiger partial charge on any atom is -0.342 e. The zero-order valence-corrected chi connectivity index (χ0v) is 19.3. The lowest BCUT2D eigenvalue weighted by Gasteiger charge is -2.45. The summed E-state index contributed by atoms with van der Waals surface area (Å²) in [6.45, 7) is 5.15. The van der Waals surface area contributed by atoms with E-state index in [9.17, 15) is 18.4 Å². The molecule has 3 aliphatic rings. The van der Waals surface area contributed by atoms with Crippen molar-refractivity contribution in [3.8, 4) is 0 Å². The monoisotopic (exact) mass is 448 g/mol. The molecule has 8 heteroatoms. The van der Waals surface area contributed by atoms with Gasteiger partial charge in [-0.25, -0.2) is 13.6 Å². The van der Waals surface area contributed by atoms with Gasteiger partial charge in [-0.2, -0.15) is 0 Å². The van der Waals surface area contributed by atoms with Crippen molar-refractivity contribution in [2.24, 2.45) is 0 Å². The molecular formula is C24H34F2N4O2. The van der Waals surface area contributed by atoms with Crippen molar-refractivity contribution >= 4 is 17.6 Å². The molecule has 0 aromatic heterocycles. The smallest absolute Gasteiger partial charge is 0.323 e. The molecule has 1 aromatic carbocycles. The van der Waals surface area contributed by atoms with E-state index in [0.29, 0.717) is 25.7 Å². The average molecular weight is 449 g/mol. The Kier molecular flexibility index (Phi) is 6.43. The molecule has 2 saturated heterocycles. The first-order chi connectivity index (χ1) is 15.2. The molecule has 1 aromatic rings. The Morgan fingerprint density at radius 1 is 1.16 bits per heavy atom. The highest BCUT2D eigenvalue weighted by Gasteiger charge is 2.47. The largest absolute Gasteiger partial charge is 0.342 e. The summed E-state index contributed by atoms with van der Waals surface area (Å²) in [6.07, 6.45) is 2.41. The van der Waals surface area contributed by atoms with Gasteiger partial charge in [0, 0.05) is 50.9 Å². The minimum atomic E-state index is -1.10. The fraction of sp³-hybridized carbons (Fsp3) is 0.667. The molecule has 0 saturated carbocycles. The number of rotatable bonds is 3. The lowest BCUT2D eigenvalue weighted by molar-refractivity contribution is -0.133.